The number of halogens is 1. The summed E-state index contributed by atoms with van der Waals surface area (Å²) in [5.74, 6) is -1.11. The Morgan fingerprint density at radius 2 is 2.15 bits per heavy atom. The number of nitrogens with zero attached hydrogens (tertiary/aromatic N) is 1. The Labute approximate surface area is 122 Å². The van der Waals surface area contributed by atoms with Crippen LogP contribution in [0.5, 0.6) is 0 Å². The molecule has 2 amide bonds. The summed E-state index contributed by atoms with van der Waals surface area (Å²) < 4.78 is 0. The van der Waals surface area contributed by atoms with Gasteiger partial charge in [-0.1, -0.05) is 17.7 Å². The number of carbonyl (C=O) groups is 2. The van der Waals surface area contributed by atoms with Gasteiger partial charge >= 0.3 is 12.0 Å². The molecule has 0 spiro atoms. The number of anilines is 1. The smallest absolute Gasteiger partial charge is 0.337 e. The number of benzene rings is 1. The van der Waals surface area contributed by atoms with Gasteiger partial charge in [0.2, 0.25) is 0 Å². The second-order valence-electron chi connectivity index (χ2n) is 4.46. The fourth-order valence-corrected chi connectivity index (χ4v) is 1.89. The lowest BCUT2D eigenvalue weighted by molar-refractivity contribution is 0.0697. The molecule has 0 aliphatic heterocycles. The van der Waals surface area contributed by atoms with Crippen molar-refractivity contribution in [2.45, 2.75) is 19.9 Å². The van der Waals surface area contributed by atoms with Crippen LogP contribution in [0, 0.1) is 0 Å². The Morgan fingerprint density at radius 3 is 2.60 bits per heavy atom. The molecule has 2 N–H and O–H groups in total. The van der Waals surface area contributed by atoms with Gasteiger partial charge in [-0.3, -0.25) is 0 Å². The zero-order valence-electron chi connectivity index (χ0n) is 11.4. The van der Waals surface area contributed by atoms with Gasteiger partial charge in [-0.15, -0.1) is 6.58 Å². The Morgan fingerprint density at radius 1 is 1.50 bits per heavy atom. The maximum absolute atomic E-state index is 12.1. The summed E-state index contributed by atoms with van der Waals surface area (Å²) in [5.41, 5.74) is 0.441. The molecular weight excluding hydrogens is 280 g/mol. The molecule has 0 saturated carbocycles. The maximum atomic E-state index is 12.1. The molecule has 0 fully saturated rings. The van der Waals surface area contributed by atoms with E-state index in [0.29, 0.717) is 12.2 Å². The van der Waals surface area contributed by atoms with Crippen molar-refractivity contribution < 1.29 is 14.7 Å². The second-order valence-corrected chi connectivity index (χ2v) is 4.87. The molecule has 0 atom stereocenters. The molecule has 0 heterocycles. The zero-order valence-corrected chi connectivity index (χ0v) is 12.1. The van der Waals surface area contributed by atoms with Crippen LogP contribution in [0.2, 0.25) is 5.02 Å². The molecule has 0 saturated heterocycles. The average molecular weight is 297 g/mol. The third-order valence-corrected chi connectivity index (χ3v) is 2.97. The van der Waals surface area contributed by atoms with Gasteiger partial charge in [0.1, 0.15) is 0 Å². The molecule has 108 valence electrons. The van der Waals surface area contributed by atoms with Crippen LogP contribution in [0.25, 0.3) is 0 Å². The highest BCUT2D eigenvalue weighted by atomic mass is 35.5. The summed E-state index contributed by atoms with van der Waals surface area (Å²) in [6.45, 7) is 7.82. The molecule has 0 bridgehead atoms. The highest BCUT2D eigenvalue weighted by Gasteiger charge is 2.16. The molecule has 0 unspecified atom stereocenters. The molecule has 0 aromatic heterocycles. The van der Waals surface area contributed by atoms with E-state index in [-0.39, 0.29) is 22.7 Å². The fourth-order valence-electron chi connectivity index (χ4n) is 1.63. The van der Waals surface area contributed by atoms with Gasteiger partial charge in [0, 0.05) is 18.3 Å². The van der Waals surface area contributed by atoms with Gasteiger partial charge in [0.15, 0.2) is 0 Å². The van der Waals surface area contributed by atoms with Crippen molar-refractivity contribution in [3.63, 3.8) is 0 Å². The van der Waals surface area contributed by atoms with E-state index in [1.54, 1.807) is 11.0 Å². The molecule has 5 nitrogen and oxygen atoms in total. The van der Waals surface area contributed by atoms with Gasteiger partial charge in [-0.05, 0) is 32.0 Å². The normalized spacial score (nSPS) is 10.2. The van der Waals surface area contributed by atoms with Crippen LogP contribution < -0.4 is 5.32 Å². The van der Waals surface area contributed by atoms with Crippen molar-refractivity contribution in [3.8, 4) is 0 Å². The average Bonchev–Trinajstić information content (AvgIpc) is 2.34. The predicted molar refractivity (Wildman–Crippen MR) is 79.5 cm³/mol. The number of hydrogen-bond acceptors (Lipinski definition) is 2. The van der Waals surface area contributed by atoms with E-state index < -0.39 is 5.97 Å². The summed E-state index contributed by atoms with van der Waals surface area (Å²) in [5, 5.41) is 11.6. The molecule has 1 aromatic carbocycles. The predicted octanol–water partition coefficient (Wildman–Crippen LogP) is 3.47. The monoisotopic (exact) mass is 296 g/mol. The van der Waals surface area contributed by atoms with Crippen LogP contribution in [-0.4, -0.2) is 34.6 Å². The van der Waals surface area contributed by atoms with Gasteiger partial charge in [-0.2, -0.15) is 0 Å². The Kier molecular flexibility index (Phi) is 5.58. The number of carboxylic acid groups (broad SMARTS) is 1. The van der Waals surface area contributed by atoms with E-state index in [4.69, 9.17) is 16.7 Å². The zero-order chi connectivity index (χ0) is 15.3. The van der Waals surface area contributed by atoms with Gasteiger partial charge in [0.25, 0.3) is 0 Å². The summed E-state index contributed by atoms with van der Waals surface area (Å²) in [6, 6.07) is 3.99. The standard InChI is InChI=1S/C14H17ClN2O3/c1-4-7-17(9(2)3)14(20)16-10-5-6-11(13(18)19)12(15)8-10/h4-6,8-9H,1,7H2,2-3H3,(H,16,20)(H,18,19). The Bertz CT molecular complexity index is 529. The number of hydrogen-bond donors (Lipinski definition) is 2. The maximum Gasteiger partial charge on any atom is 0.337 e. The van der Waals surface area contributed by atoms with E-state index in [1.165, 1.54) is 18.2 Å². The van der Waals surface area contributed by atoms with Crippen LogP contribution in [0.15, 0.2) is 30.9 Å². The van der Waals surface area contributed by atoms with Gasteiger partial charge < -0.3 is 15.3 Å². The Hall–Kier alpha value is -2.01. The minimum absolute atomic E-state index is 0.00327. The lowest BCUT2D eigenvalue weighted by atomic mass is 10.2. The molecular formula is C14H17ClN2O3. The first-order chi connectivity index (χ1) is 9.36. The quantitative estimate of drug-likeness (QED) is 0.817. The summed E-state index contributed by atoms with van der Waals surface area (Å²) in [6.07, 6.45) is 1.64. The fraction of sp³-hybridized carbons (Fsp3) is 0.286. The van der Waals surface area contributed by atoms with Crippen LogP contribution in [0.1, 0.15) is 24.2 Å². The largest absolute Gasteiger partial charge is 0.478 e. The molecule has 0 aliphatic rings. The van der Waals surface area contributed by atoms with Crippen molar-refractivity contribution in [3.05, 3.63) is 41.4 Å². The number of urea groups is 1. The second kappa shape index (κ2) is 6.96. The summed E-state index contributed by atoms with van der Waals surface area (Å²) >= 11 is 5.85. The SMILES string of the molecule is C=CCN(C(=O)Nc1ccc(C(=O)O)c(Cl)c1)C(C)C. The number of rotatable bonds is 5. The molecule has 6 heteroatoms. The topological polar surface area (TPSA) is 69.6 Å². The number of aromatic carboxylic acids is 1. The highest BCUT2D eigenvalue weighted by molar-refractivity contribution is 6.33. The molecule has 20 heavy (non-hydrogen) atoms. The molecule has 0 radical (unpaired) electrons. The van der Waals surface area contributed by atoms with Crippen LogP contribution in [0.4, 0.5) is 10.5 Å². The van der Waals surface area contributed by atoms with Crippen LogP contribution >= 0.6 is 11.6 Å². The van der Waals surface area contributed by atoms with Gasteiger partial charge in [-0.25, -0.2) is 9.59 Å². The first-order valence-electron chi connectivity index (χ1n) is 6.08. The van der Waals surface area contributed by atoms with Gasteiger partial charge in [0.05, 0.1) is 10.6 Å². The summed E-state index contributed by atoms with van der Waals surface area (Å²) in [7, 11) is 0. The van der Waals surface area contributed by atoms with E-state index in [0.717, 1.165) is 0 Å². The van der Waals surface area contributed by atoms with E-state index in [9.17, 15) is 9.59 Å². The van der Waals surface area contributed by atoms with E-state index in [2.05, 4.69) is 11.9 Å². The van der Waals surface area contributed by atoms with Crippen molar-refractivity contribution in [1.29, 1.82) is 0 Å². The summed E-state index contributed by atoms with van der Waals surface area (Å²) in [4.78, 5) is 24.5. The van der Waals surface area contributed by atoms with Crippen molar-refractivity contribution in [2.24, 2.45) is 0 Å². The first-order valence-corrected chi connectivity index (χ1v) is 6.46. The lowest BCUT2D eigenvalue weighted by Gasteiger charge is -2.25. The van der Waals surface area contributed by atoms with Crippen molar-refractivity contribution in [1.82, 2.24) is 4.90 Å². The van der Waals surface area contributed by atoms with Crippen LogP contribution in [-0.2, 0) is 0 Å². The first kappa shape index (κ1) is 16.0. The Balaban J connectivity index is 2.87. The molecule has 0 aliphatic carbocycles. The molecule has 1 rings (SSSR count). The minimum atomic E-state index is -1.11. The number of carboxylic acids is 1. The van der Waals surface area contributed by atoms with Crippen molar-refractivity contribution >= 4 is 29.3 Å². The van der Waals surface area contributed by atoms with E-state index >= 15 is 0 Å². The lowest BCUT2D eigenvalue weighted by Crippen LogP contribution is -2.40. The van der Waals surface area contributed by atoms with Crippen molar-refractivity contribution in [2.75, 3.05) is 11.9 Å². The minimum Gasteiger partial charge on any atom is -0.478 e. The highest BCUT2D eigenvalue weighted by Crippen LogP contribution is 2.21. The molecule has 1 aromatic rings. The van der Waals surface area contributed by atoms with E-state index in [1.807, 2.05) is 13.8 Å². The number of amides is 2. The van der Waals surface area contributed by atoms with Crippen LogP contribution in [0.3, 0.4) is 0 Å². The number of carbonyl (C=O) groups excluding carboxylic acids is 1. The third-order valence-electron chi connectivity index (χ3n) is 2.66. The third kappa shape index (κ3) is 3.99. The number of nitrogens with one attached hydrogen (secondary N) is 1.